The summed E-state index contributed by atoms with van der Waals surface area (Å²) in [6.45, 7) is 0. The molecule has 2 rings (SSSR count). The fourth-order valence-electron chi connectivity index (χ4n) is 1.18. The first-order valence-electron chi connectivity index (χ1n) is 2.92. The van der Waals surface area contributed by atoms with Gasteiger partial charge in [0.25, 0.3) is 0 Å². The molecule has 0 unspecified atom stereocenters. The number of thioether (sulfide) groups is 1. The molecular weight excluding hydrogens is 140 g/mol. The maximum atomic E-state index is 9.10. The van der Waals surface area contributed by atoms with Crippen molar-refractivity contribution in [3.8, 4) is 0 Å². The molecule has 4 heteroatoms. The highest BCUT2D eigenvalue weighted by molar-refractivity contribution is 8.00. The summed E-state index contributed by atoms with van der Waals surface area (Å²) >= 11 is 1.57. The lowest BCUT2D eigenvalue weighted by Gasteiger charge is -2.17. The van der Waals surface area contributed by atoms with E-state index in [0.717, 1.165) is 5.75 Å². The van der Waals surface area contributed by atoms with E-state index in [1.54, 1.807) is 11.8 Å². The predicted molar refractivity (Wildman–Crippen MR) is 33.1 cm³/mol. The summed E-state index contributed by atoms with van der Waals surface area (Å²) < 4.78 is 5.16. The summed E-state index contributed by atoms with van der Waals surface area (Å²) in [7, 11) is 0. The second-order valence-corrected chi connectivity index (χ2v) is 3.49. The quantitative estimate of drug-likeness (QED) is 0.471. The van der Waals surface area contributed by atoms with Gasteiger partial charge >= 0.3 is 0 Å². The second-order valence-electron chi connectivity index (χ2n) is 2.36. The van der Waals surface area contributed by atoms with Crippen LogP contribution in [0.5, 0.6) is 0 Å². The van der Waals surface area contributed by atoms with E-state index in [4.69, 9.17) is 14.9 Å². The number of ether oxygens (including phenoxy) is 1. The molecule has 9 heavy (non-hydrogen) atoms. The lowest BCUT2D eigenvalue weighted by molar-refractivity contribution is 0.0330. The maximum Gasteiger partial charge on any atom is 0.132 e. The molecule has 0 saturated carbocycles. The zero-order valence-electron chi connectivity index (χ0n) is 4.73. The standard InChI is InChI=1S/C5H8O3S/c6-3-2-1-9-5(8-2)4(3)7/h2-7H,1H2/t2-,3+,4-,5+/m1/s1. The minimum Gasteiger partial charge on any atom is -0.388 e. The van der Waals surface area contributed by atoms with Crippen molar-refractivity contribution in [1.82, 2.24) is 0 Å². The van der Waals surface area contributed by atoms with Crippen molar-refractivity contribution in [2.24, 2.45) is 0 Å². The Bertz CT molecular complexity index is 111. The minimum atomic E-state index is -0.659. The van der Waals surface area contributed by atoms with E-state index in [1.165, 1.54) is 0 Å². The Kier molecular flexibility index (Phi) is 1.23. The highest BCUT2D eigenvalue weighted by Gasteiger charge is 2.48. The lowest BCUT2D eigenvalue weighted by Crippen LogP contribution is -2.36. The van der Waals surface area contributed by atoms with Gasteiger partial charge in [-0.05, 0) is 0 Å². The number of rotatable bonds is 0. The summed E-state index contributed by atoms with van der Waals surface area (Å²) in [4.78, 5) is 0. The molecule has 2 aliphatic rings. The Labute approximate surface area is 57.0 Å². The largest absolute Gasteiger partial charge is 0.388 e. The van der Waals surface area contributed by atoms with Gasteiger partial charge in [0.1, 0.15) is 17.6 Å². The zero-order chi connectivity index (χ0) is 6.43. The summed E-state index contributed by atoms with van der Waals surface area (Å²) in [5.74, 6) is 0.822. The average Bonchev–Trinajstić information content (AvgIpc) is 2.37. The topological polar surface area (TPSA) is 49.7 Å². The van der Waals surface area contributed by atoms with E-state index in [0.29, 0.717) is 0 Å². The molecule has 2 bridgehead atoms. The third-order valence-corrected chi connectivity index (χ3v) is 2.98. The van der Waals surface area contributed by atoms with Gasteiger partial charge in [0.05, 0.1) is 6.10 Å². The first-order valence-corrected chi connectivity index (χ1v) is 3.97. The van der Waals surface area contributed by atoms with Crippen LogP contribution >= 0.6 is 11.8 Å². The molecule has 0 aliphatic carbocycles. The van der Waals surface area contributed by atoms with Crippen LogP contribution in [0.4, 0.5) is 0 Å². The zero-order valence-corrected chi connectivity index (χ0v) is 5.54. The Morgan fingerprint density at radius 2 is 2.11 bits per heavy atom. The smallest absolute Gasteiger partial charge is 0.132 e. The van der Waals surface area contributed by atoms with Crippen LogP contribution in [0.25, 0.3) is 0 Å². The Morgan fingerprint density at radius 3 is 2.44 bits per heavy atom. The van der Waals surface area contributed by atoms with Crippen LogP contribution < -0.4 is 0 Å². The molecule has 3 nitrogen and oxygen atoms in total. The second kappa shape index (κ2) is 1.85. The van der Waals surface area contributed by atoms with E-state index in [9.17, 15) is 0 Å². The van der Waals surface area contributed by atoms with Crippen molar-refractivity contribution in [2.75, 3.05) is 5.75 Å². The predicted octanol–water partition coefficient (Wildman–Crippen LogP) is -0.820. The van der Waals surface area contributed by atoms with Crippen LogP contribution in [0.15, 0.2) is 0 Å². The molecule has 2 aliphatic heterocycles. The third-order valence-electron chi connectivity index (χ3n) is 1.74. The normalized spacial score (nSPS) is 56.7. The van der Waals surface area contributed by atoms with Crippen molar-refractivity contribution in [2.45, 2.75) is 23.7 Å². The average molecular weight is 148 g/mol. The molecule has 2 N–H and O–H groups in total. The summed E-state index contributed by atoms with van der Waals surface area (Å²) in [5, 5.41) is 18.2. The van der Waals surface area contributed by atoms with Gasteiger partial charge in [0, 0.05) is 5.75 Å². The minimum absolute atomic E-state index is 0.116. The molecule has 0 spiro atoms. The molecule has 0 amide bonds. The number of fused-ring (bicyclic) bond motifs is 2. The number of hydrogen-bond donors (Lipinski definition) is 2. The number of aliphatic hydroxyl groups excluding tert-OH is 2. The molecule has 0 aromatic heterocycles. The van der Waals surface area contributed by atoms with Crippen LogP contribution in [-0.2, 0) is 4.74 Å². The van der Waals surface area contributed by atoms with Crippen molar-refractivity contribution < 1.29 is 14.9 Å². The Balaban J connectivity index is 2.15. The first kappa shape index (κ1) is 5.97. The van der Waals surface area contributed by atoms with Crippen molar-refractivity contribution in [3.05, 3.63) is 0 Å². The van der Waals surface area contributed by atoms with Crippen molar-refractivity contribution in [1.29, 1.82) is 0 Å². The molecule has 4 atom stereocenters. The third kappa shape index (κ3) is 0.709. The summed E-state index contributed by atoms with van der Waals surface area (Å²) in [5.41, 5.74) is -0.162. The SMILES string of the molecule is O[C@@H]1[C@@H](O)[C@H]2O[C@@H]1CS2. The molecule has 52 valence electrons. The first-order chi connectivity index (χ1) is 4.29. The van der Waals surface area contributed by atoms with Crippen LogP contribution in [0.1, 0.15) is 0 Å². The van der Waals surface area contributed by atoms with E-state index < -0.39 is 12.2 Å². The van der Waals surface area contributed by atoms with E-state index in [1.807, 2.05) is 0 Å². The van der Waals surface area contributed by atoms with Gasteiger partial charge in [0.15, 0.2) is 0 Å². The number of aliphatic hydroxyl groups is 2. The Morgan fingerprint density at radius 1 is 1.33 bits per heavy atom. The highest BCUT2D eigenvalue weighted by Crippen LogP contribution is 2.38. The summed E-state index contributed by atoms with van der Waals surface area (Å²) in [6.07, 6.45) is -1.42. The van der Waals surface area contributed by atoms with E-state index in [-0.39, 0.29) is 11.5 Å². The van der Waals surface area contributed by atoms with Crippen LogP contribution in [0.2, 0.25) is 0 Å². The Hall–Kier alpha value is 0.230. The molecule has 2 fully saturated rings. The van der Waals surface area contributed by atoms with Gasteiger partial charge in [-0.1, -0.05) is 0 Å². The van der Waals surface area contributed by atoms with Crippen LogP contribution in [0.3, 0.4) is 0 Å². The fourth-order valence-corrected chi connectivity index (χ4v) is 2.41. The molecule has 2 saturated heterocycles. The van der Waals surface area contributed by atoms with Gasteiger partial charge in [0.2, 0.25) is 0 Å². The van der Waals surface area contributed by atoms with Crippen molar-refractivity contribution >= 4 is 11.8 Å². The van der Waals surface area contributed by atoms with Gasteiger partial charge in [-0.2, -0.15) is 0 Å². The molecule has 0 aromatic rings. The van der Waals surface area contributed by atoms with Gasteiger partial charge in [-0.15, -0.1) is 11.8 Å². The van der Waals surface area contributed by atoms with Crippen molar-refractivity contribution in [3.63, 3.8) is 0 Å². The van der Waals surface area contributed by atoms with E-state index >= 15 is 0 Å². The molecule has 2 heterocycles. The van der Waals surface area contributed by atoms with Gasteiger partial charge in [-0.25, -0.2) is 0 Å². The van der Waals surface area contributed by atoms with Gasteiger partial charge in [-0.3, -0.25) is 0 Å². The molecule has 0 radical (unpaired) electrons. The monoisotopic (exact) mass is 148 g/mol. The highest BCUT2D eigenvalue weighted by atomic mass is 32.2. The molecular formula is C5H8O3S. The lowest BCUT2D eigenvalue weighted by atomic mass is 10.2. The maximum absolute atomic E-state index is 9.10. The van der Waals surface area contributed by atoms with Crippen LogP contribution in [-0.4, -0.2) is 39.7 Å². The number of hydrogen-bond acceptors (Lipinski definition) is 4. The molecule has 0 aromatic carbocycles. The summed E-state index contributed by atoms with van der Waals surface area (Å²) in [6, 6.07) is 0. The van der Waals surface area contributed by atoms with Gasteiger partial charge < -0.3 is 14.9 Å². The van der Waals surface area contributed by atoms with Crippen LogP contribution in [0, 0.1) is 0 Å². The fraction of sp³-hybridized carbons (Fsp3) is 1.00. The van der Waals surface area contributed by atoms with E-state index in [2.05, 4.69) is 0 Å².